The van der Waals surface area contributed by atoms with Gasteiger partial charge in [-0.1, -0.05) is 0 Å². The first-order chi connectivity index (χ1) is 9.91. The Bertz CT molecular complexity index is 966. The number of rotatable bonds is 0. The van der Waals surface area contributed by atoms with Gasteiger partial charge in [0, 0.05) is 30.5 Å². The molecule has 0 amide bonds. The number of fused-ring (bicyclic) bond motifs is 4. The summed E-state index contributed by atoms with van der Waals surface area (Å²) in [5.74, 6) is -0.0000463. The number of thiophene rings is 2. The highest BCUT2D eigenvalue weighted by Gasteiger charge is 2.39. The maximum Gasteiger partial charge on any atom is 0.230 e. The minimum Gasteiger partial charge on any atom is -0.451 e. The smallest absolute Gasteiger partial charge is 0.230 e. The highest BCUT2D eigenvalue weighted by atomic mass is 32.1. The van der Waals surface area contributed by atoms with Crippen molar-refractivity contribution < 1.29 is 14.0 Å². The van der Waals surface area contributed by atoms with Crippen LogP contribution in [0.15, 0.2) is 4.42 Å². The molecule has 3 nitrogen and oxygen atoms in total. The third-order valence-electron chi connectivity index (χ3n) is 4.03. The lowest BCUT2D eigenvalue weighted by Crippen LogP contribution is -2.19. The molecule has 0 bridgehead atoms. The molecule has 0 saturated heterocycles. The fourth-order valence-corrected chi connectivity index (χ4v) is 5.23. The molecule has 0 aliphatic heterocycles. The monoisotopic (exact) mass is 316 g/mol. The van der Waals surface area contributed by atoms with Crippen molar-refractivity contribution in [1.29, 1.82) is 0 Å². The van der Waals surface area contributed by atoms with Gasteiger partial charge in [-0.2, -0.15) is 0 Å². The summed E-state index contributed by atoms with van der Waals surface area (Å²) in [5, 5.41) is 0.819. The lowest BCUT2D eigenvalue weighted by atomic mass is 9.87. The molecule has 0 unspecified atom stereocenters. The summed E-state index contributed by atoms with van der Waals surface area (Å²) in [6.07, 6.45) is 0. The van der Waals surface area contributed by atoms with E-state index in [4.69, 9.17) is 4.42 Å². The zero-order valence-corrected chi connectivity index (χ0v) is 13.7. The average Bonchev–Trinajstić information content (AvgIpc) is 3.01. The molecule has 0 fully saturated rings. The second kappa shape index (κ2) is 3.93. The molecule has 0 atom stereocenters. The second-order valence-electron chi connectivity index (χ2n) is 5.35. The first-order valence-electron chi connectivity index (χ1n) is 6.63. The number of carbonyl (C=O) groups excluding carboxylic acids is 2. The van der Waals surface area contributed by atoms with Gasteiger partial charge < -0.3 is 4.42 Å². The highest BCUT2D eigenvalue weighted by molar-refractivity contribution is 7.13. The van der Waals surface area contributed by atoms with Gasteiger partial charge in [-0.3, -0.25) is 9.59 Å². The Balaban J connectivity index is 2.16. The molecular weight excluding hydrogens is 304 g/mol. The van der Waals surface area contributed by atoms with Crippen LogP contribution >= 0.6 is 22.7 Å². The second-order valence-corrected chi connectivity index (χ2v) is 8.21. The standard InChI is InChI=1S/C16H12O3S2/c1-5-9-10(6(2)20-5)14(18)16-12(13(9)17)11-7(3)21-8(4)15(11)19-16/h1-4H3. The summed E-state index contributed by atoms with van der Waals surface area (Å²) in [4.78, 5) is 29.5. The Morgan fingerprint density at radius 3 is 1.95 bits per heavy atom. The Labute approximate surface area is 129 Å². The van der Waals surface area contributed by atoms with Crippen molar-refractivity contribution in [2.24, 2.45) is 0 Å². The van der Waals surface area contributed by atoms with Crippen molar-refractivity contribution in [3.63, 3.8) is 0 Å². The summed E-state index contributed by atoms with van der Waals surface area (Å²) < 4.78 is 5.79. The molecule has 0 aromatic carbocycles. The molecular formula is C16H12O3S2. The molecule has 0 radical (unpaired) electrons. The minimum atomic E-state index is -0.151. The summed E-state index contributed by atoms with van der Waals surface area (Å²) in [6, 6.07) is 0. The lowest BCUT2D eigenvalue weighted by molar-refractivity contribution is 0.0962. The number of hydrogen-bond acceptors (Lipinski definition) is 5. The van der Waals surface area contributed by atoms with Gasteiger partial charge in [0.2, 0.25) is 5.78 Å². The van der Waals surface area contributed by atoms with Crippen LogP contribution in [-0.2, 0) is 0 Å². The summed E-state index contributed by atoms with van der Waals surface area (Å²) in [5.41, 5.74) is 2.25. The van der Waals surface area contributed by atoms with Crippen molar-refractivity contribution >= 4 is 45.2 Å². The molecule has 3 heterocycles. The van der Waals surface area contributed by atoms with E-state index in [0.29, 0.717) is 22.3 Å². The van der Waals surface area contributed by atoms with Crippen molar-refractivity contribution in [2.45, 2.75) is 27.7 Å². The molecule has 0 saturated carbocycles. The van der Waals surface area contributed by atoms with Crippen LogP contribution in [-0.4, -0.2) is 11.6 Å². The molecule has 0 N–H and O–H groups in total. The van der Waals surface area contributed by atoms with Crippen LogP contribution in [0.25, 0.3) is 11.0 Å². The van der Waals surface area contributed by atoms with Crippen LogP contribution in [0.3, 0.4) is 0 Å². The zero-order chi connectivity index (χ0) is 15.0. The molecule has 5 heteroatoms. The number of aryl methyl sites for hydroxylation is 4. The Hall–Kier alpha value is -1.72. The van der Waals surface area contributed by atoms with Crippen LogP contribution < -0.4 is 0 Å². The molecule has 1 aliphatic carbocycles. The topological polar surface area (TPSA) is 47.3 Å². The first kappa shape index (κ1) is 13.0. The van der Waals surface area contributed by atoms with E-state index in [0.717, 1.165) is 24.9 Å². The van der Waals surface area contributed by atoms with E-state index in [1.807, 2.05) is 27.7 Å². The van der Waals surface area contributed by atoms with Gasteiger partial charge in [-0.25, -0.2) is 0 Å². The van der Waals surface area contributed by atoms with Crippen LogP contribution in [0.1, 0.15) is 51.5 Å². The van der Waals surface area contributed by atoms with E-state index in [1.54, 1.807) is 11.3 Å². The van der Waals surface area contributed by atoms with Crippen LogP contribution in [0.4, 0.5) is 0 Å². The normalized spacial score (nSPS) is 13.9. The van der Waals surface area contributed by atoms with Crippen molar-refractivity contribution in [3.05, 3.63) is 42.0 Å². The average molecular weight is 316 g/mol. The molecule has 4 rings (SSSR count). The SMILES string of the molecule is Cc1sc(C)c2c1C(=O)c1oc3c(C)sc(C)c3c1C2=O. The number of furan rings is 1. The van der Waals surface area contributed by atoms with Gasteiger partial charge in [0.15, 0.2) is 11.5 Å². The quantitative estimate of drug-likeness (QED) is 0.477. The molecule has 106 valence electrons. The van der Waals surface area contributed by atoms with Crippen LogP contribution in [0.5, 0.6) is 0 Å². The third-order valence-corrected chi connectivity index (χ3v) is 6.06. The van der Waals surface area contributed by atoms with Gasteiger partial charge in [-0.05, 0) is 27.7 Å². The number of hydrogen-bond donors (Lipinski definition) is 0. The molecule has 3 aromatic rings. The van der Waals surface area contributed by atoms with Crippen molar-refractivity contribution in [3.8, 4) is 0 Å². The predicted molar refractivity (Wildman–Crippen MR) is 84.2 cm³/mol. The largest absolute Gasteiger partial charge is 0.451 e. The van der Waals surface area contributed by atoms with Gasteiger partial charge in [0.05, 0.1) is 11.1 Å². The van der Waals surface area contributed by atoms with Crippen LogP contribution in [0.2, 0.25) is 0 Å². The highest BCUT2D eigenvalue weighted by Crippen LogP contribution is 2.43. The van der Waals surface area contributed by atoms with E-state index >= 15 is 0 Å². The zero-order valence-electron chi connectivity index (χ0n) is 12.0. The Morgan fingerprint density at radius 1 is 0.714 bits per heavy atom. The van der Waals surface area contributed by atoms with Crippen molar-refractivity contribution in [2.75, 3.05) is 0 Å². The summed E-state index contributed by atoms with van der Waals surface area (Å²) in [6.45, 7) is 7.70. The summed E-state index contributed by atoms with van der Waals surface area (Å²) >= 11 is 3.10. The number of ketones is 2. The molecule has 21 heavy (non-hydrogen) atoms. The van der Waals surface area contributed by atoms with E-state index < -0.39 is 0 Å². The minimum absolute atomic E-state index is 0.0684. The molecule has 3 aromatic heterocycles. The van der Waals surface area contributed by atoms with Gasteiger partial charge >= 0.3 is 0 Å². The third kappa shape index (κ3) is 1.43. The van der Waals surface area contributed by atoms with Crippen LogP contribution in [0, 0.1) is 27.7 Å². The van der Waals surface area contributed by atoms with E-state index in [2.05, 4.69) is 0 Å². The number of carbonyl (C=O) groups is 2. The maximum atomic E-state index is 12.9. The molecule has 1 aliphatic rings. The molecule has 0 spiro atoms. The van der Waals surface area contributed by atoms with E-state index in [9.17, 15) is 9.59 Å². The van der Waals surface area contributed by atoms with Crippen molar-refractivity contribution in [1.82, 2.24) is 0 Å². The van der Waals surface area contributed by atoms with Gasteiger partial charge in [0.1, 0.15) is 5.58 Å². The lowest BCUT2D eigenvalue weighted by Gasteiger charge is -2.11. The Morgan fingerprint density at radius 2 is 1.29 bits per heavy atom. The Kier molecular flexibility index (Phi) is 2.43. The predicted octanol–water partition coefficient (Wildman–Crippen LogP) is 4.56. The summed E-state index contributed by atoms with van der Waals surface area (Å²) in [7, 11) is 0. The fourth-order valence-electron chi connectivity index (χ4n) is 3.19. The first-order valence-corrected chi connectivity index (χ1v) is 8.27. The van der Waals surface area contributed by atoms with E-state index in [-0.39, 0.29) is 17.3 Å². The maximum absolute atomic E-state index is 12.9. The van der Waals surface area contributed by atoms with Gasteiger partial charge in [0.25, 0.3) is 0 Å². The van der Waals surface area contributed by atoms with Gasteiger partial charge in [-0.15, -0.1) is 22.7 Å². The fraction of sp³-hybridized carbons (Fsp3) is 0.250. The van der Waals surface area contributed by atoms with E-state index in [1.165, 1.54) is 11.3 Å².